The molecule has 2 aromatic heterocycles. The summed E-state index contributed by atoms with van der Waals surface area (Å²) in [7, 11) is -16.4. The van der Waals surface area contributed by atoms with Crippen LogP contribution in [-0.4, -0.2) is 123 Å². The molecule has 28 heteroatoms. The number of nitrogens with zero attached hydrogens (tertiary/aromatic N) is 4. The lowest BCUT2D eigenvalue weighted by Gasteiger charge is -2.30. The molecule has 69 heavy (non-hydrogen) atoms. The number of carbonyl (C=O) groups is 3. The summed E-state index contributed by atoms with van der Waals surface area (Å²) < 4.78 is 62.5. The Bertz CT molecular complexity index is 2030. The normalized spacial score (nSPS) is 19.8. The number of nitrogens with one attached hydrogen (secondary N) is 2. The van der Waals surface area contributed by atoms with Crippen LogP contribution in [0.3, 0.4) is 0 Å². The maximum absolute atomic E-state index is 12.7. The number of ether oxygens (including phenoxy) is 1. The van der Waals surface area contributed by atoms with Gasteiger partial charge in [-0.25, -0.2) is 28.6 Å². The number of amides is 2. The minimum atomic E-state index is -5.57. The molecule has 24 nitrogen and oxygen atoms in total. The molecule has 3 heterocycles. The number of nitrogen functional groups attached to an aromatic ring is 1. The van der Waals surface area contributed by atoms with Gasteiger partial charge in [0.05, 0.1) is 19.5 Å². The molecule has 1 aliphatic heterocycles. The van der Waals surface area contributed by atoms with Gasteiger partial charge in [0.1, 0.15) is 36.3 Å². The molecule has 2 unspecified atom stereocenters. The third kappa shape index (κ3) is 23.3. The highest BCUT2D eigenvalue weighted by molar-refractivity contribution is 8.13. The molecule has 2 aromatic rings. The summed E-state index contributed by atoms with van der Waals surface area (Å²) in [5, 5.41) is 26.7. The van der Waals surface area contributed by atoms with Gasteiger partial charge in [-0.05, 0) is 6.42 Å². The van der Waals surface area contributed by atoms with Crippen LogP contribution in [0.2, 0.25) is 0 Å². The van der Waals surface area contributed by atoms with Crippen molar-refractivity contribution in [3.05, 3.63) is 12.7 Å². The van der Waals surface area contributed by atoms with Crippen LogP contribution < -0.4 is 16.4 Å². The highest BCUT2D eigenvalue weighted by Gasteiger charge is 2.50. The largest absolute Gasteiger partial charge is 0.481 e. The Balaban J connectivity index is 1.27. The number of phosphoric acid groups is 3. The van der Waals surface area contributed by atoms with Crippen molar-refractivity contribution in [2.45, 2.75) is 173 Å². The first-order chi connectivity index (χ1) is 32.6. The molecule has 0 radical (unpaired) electrons. The minimum absolute atomic E-state index is 0.0342. The van der Waals surface area contributed by atoms with Gasteiger partial charge in [-0.1, -0.05) is 135 Å². The van der Waals surface area contributed by atoms with E-state index >= 15 is 0 Å². The van der Waals surface area contributed by atoms with Crippen LogP contribution in [0.25, 0.3) is 11.2 Å². The number of aliphatic hydroxyl groups excluding tert-OH is 2. The van der Waals surface area contributed by atoms with Crippen molar-refractivity contribution in [3.8, 4) is 0 Å². The van der Waals surface area contributed by atoms with Gasteiger partial charge in [0.25, 0.3) is 0 Å². The molecule has 396 valence electrons. The first-order valence-corrected chi connectivity index (χ1v) is 29.1. The second-order valence-electron chi connectivity index (χ2n) is 17.7. The van der Waals surface area contributed by atoms with E-state index in [4.69, 9.17) is 19.5 Å². The van der Waals surface area contributed by atoms with E-state index in [0.717, 1.165) is 48.2 Å². The van der Waals surface area contributed by atoms with Crippen LogP contribution in [0.1, 0.15) is 149 Å². The number of carbonyl (C=O) groups excluding carboxylic acids is 3. The van der Waals surface area contributed by atoms with E-state index in [9.17, 15) is 57.9 Å². The molecular formula is C41H74N7O17P3S. The number of hydrogen-bond acceptors (Lipinski definition) is 18. The fourth-order valence-electron chi connectivity index (χ4n) is 7.36. The number of nitrogens with two attached hydrogens (primary N) is 1. The zero-order valence-corrected chi connectivity index (χ0v) is 43.3. The highest BCUT2D eigenvalue weighted by atomic mass is 32.2. The van der Waals surface area contributed by atoms with Gasteiger partial charge >= 0.3 is 23.5 Å². The van der Waals surface area contributed by atoms with Crippen LogP contribution >= 0.6 is 35.2 Å². The number of hydrogen-bond donors (Lipinski definition) is 9. The number of rotatable bonds is 37. The van der Waals surface area contributed by atoms with Crippen LogP contribution in [0.4, 0.5) is 5.82 Å². The average molecular weight is 1060 g/mol. The van der Waals surface area contributed by atoms with Gasteiger partial charge in [-0.15, -0.1) is 0 Å². The summed E-state index contributed by atoms with van der Waals surface area (Å²) in [6.07, 6.45) is 15.2. The van der Waals surface area contributed by atoms with Crippen LogP contribution in [-0.2, 0) is 50.7 Å². The summed E-state index contributed by atoms with van der Waals surface area (Å²) in [4.78, 5) is 88.5. The minimum Gasteiger partial charge on any atom is -0.386 e. The predicted molar refractivity (Wildman–Crippen MR) is 256 cm³/mol. The van der Waals surface area contributed by atoms with Gasteiger partial charge in [0, 0.05) is 37.1 Å². The molecule has 3 rings (SSSR count). The number of thioether (sulfide) groups is 1. The number of phosphoric ester groups is 3. The SMILES string of the molecule is CCCCCCCCCCCCCCCCCCCC(=O)SCCNC(=O)CCNC(=O)[C@@H](O)C(C)(C)COP(=O)(O)OP(=O)(O)OC[C@H]1O[C@@H](n2cnc3c(N)ncnc32)[C@H](O)[C@@H]1OP(=O)(O)O. The van der Waals surface area contributed by atoms with Crippen LogP contribution in [0, 0.1) is 5.41 Å². The zero-order chi connectivity index (χ0) is 51.1. The van der Waals surface area contributed by atoms with Crippen molar-refractivity contribution in [1.82, 2.24) is 30.2 Å². The third-order valence-electron chi connectivity index (χ3n) is 11.2. The fraction of sp³-hybridized carbons (Fsp3) is 0.805. The van der Waals surface area contributed by atoms with E-state index in [1.807, 2.05) is 0 Å². The number of anilines is 1. The first kappa shape index (κ1) is 60.9. The second-order valence-corrected chi connectivity index (χ2v) is 23.1. The molecule has 0 spiro atoms. The van der Waals surface area contributed by atoms with Crippen LogP contribution in [0.15, 0.2) is 12.7 Å². The summed E-state index contributed by atoms with van der Waals surface area (Å²) >= 11 is 1.16. The predicted octanol–water partition coefficient (Wildman–Crippen LogP) is 5.71. The molecular weight excluding hydrogens is 987 g/mol. The molecule has 0 aliphatic carbocycles. The summed E-state index contributed by atoms with van der Waals surface area (Å²) in [6.45, 7) is 2.84. The quantitative estimate of drug-likeness (QED) is 0.0289. The third-order valence-corrected chi connectivity index (χ3v) is 15.3. The van der Waals surface area contributed by atoms with Crippen molar-refractivity contribution < 1.29 is 80.5 Å². The van der Waals surface area contributed by atoms with Gasteiger partial charge in [0.15, 0.2) is 22.8 Å². The van der Waals surface area contributed by atoms with Gasteiger partial charge in [-0.2, -0.15) is 4.31 Å². The molecule has 1 aliphatic rings. The van der Waals surface area contributed by atoms with Gasteiger partial charge < -0.3 is 50.9 Å². The fourth-order valence-corrected chi connectivity index (χ4v) is 10.9. The molecule has 0 aromatic carbocycles. The Kier molecular flexibility index (Phi) is 27.0. The lowest BCUT2D eigenvalue weighted by molar-refractivity contribution is -0.137. The number of aromatic nitrogens is 4. The lowest BCUT2D eigenvalue weighted by atomic mass is 9.87. The van der Waals surface area contributed by atoms with Gasteiger partial charge in [0.2, 0.25) is 11.8 Å². The van der Waals surface area contributed by atoms with Gasteiger partial charge in [-0.3, -0.25) is 32.5 Å². The molecule has 0 bridgehead atoms. The molecule has 10 N–H and O–H groups in total. The maximum atomic E-state index is 12.7. The van der Waals surface area contributed by atoms with Crippen molar-refractivity contribution in [3.63, 3.8) is 0 Å². The van der Waals surface area contributed by atoms with E-state index in [0.29, 0.717) is 12.2 Å². The number of fused-ring (bicyclic) bond motifs is 1. The van der Waals surface area contributed by atoms with E-state index in [-0.39, 0.29) is 41.6 Å². The Hall–Kier alpha value is -2.44. The smallest absolute Gasteiger partial charge is 0.386 e. The van der Waals surface area contributed by atoms with E-state index in [1.165, 1.54) is 104 Å². The Morgan fingerprint density at radius 3 is 1.97 bits per heavy atom. The van der Waals surface area contributed by atoms with E-state index in [2.05, 4.69) is 41.3 Å². The first-order valence-electron chi connectivity index (χ1n) is 23.6. The maximum Gasteiger partial charge on any atom is 0.481 e. The number of aliphatic hydroxyl groups is 2. The standard InChI is InChI=1S/C41H74N7O17P3S/c1-4-5-6-7-8-9-10-11-12-13-14-15-16-17-18-19-20-21-32(50)69-25-24-43-31(49)22-23-44-39(53)36(52)41(2,3)27-62-68(59,60)65-67(57,58)61-26-30-35(64-66(54,55)56)34(51)40(63-30)48-29-47-33-37(42)45-28-46-38(33)48/h28-30,34-36,40,51-52H,4-27H2,1-3H3,(H,43,49)(H,44,53)(H,57,58)(H,59,60)(H2,42,45,46)(H2,54,55,56)/t30-,34-,35-,36-,40-/m1/s1. The molecule has 0 saturated carbocycles. The van der Waals surface area contributed by atoms with E-state index in [1.54, 1.807) is 0 Å². The molecule has 1 fully saturated rings. The van der Waals surface area contributed by atoms with Crippen molar-refractivity contribution in [2.75, 3.05) is 37.8 Å². The Labute approximate surface area is 407 Å². The monoisotopic (exact) mass is 1060 g/mol. The van der Waals surface area contributed by atoms with Crippen molar-refractivity contribution in [1.29, 1.82) is 0 Å². The Morgan fingerprint density at radius 1 is 0.826 bits per heavy atom. The molecule has 2 amide bonds. The van der Waals surface area contributed by atoms with Crippen molar-refractivity contribution in [2.24, 2.45) is 5.41 Å². The molecule has 7 atom stereocenters. The molecule has 1 saturated heterocycles. The average Bonchev–Trinajstić information content (AvgIpc) is 3.84. The number of imidazole rings is 1. The zero-order valence-electron chi connectivity index (χ0n) is 39.8. The second kappa shape index (κ2) is 30.6. The summed E-state index contributed by atoms with van der Waals surface area (Å²) in [5.41, 5.74) is 4.29. The topological polar surface area (TPSA) is 364 Å². The highest BCUT2D eigenvalue weighted by Crippen LogP contribution is 2.61. The Morgan fingerprint density at radius 2 is 1.39 bits per heavy atom. The number of unbranched alkanes of at least 4 members (excludes halogenated alkanes) is 16. The summed E-state index contributed by atoms with van der Waals surface area (Å²) in [5.74, 6) is -1.01. The summed E-state index contributed by atoms with van der Waals surface area (Å²) in [6, 6.07) is 0. The van der Waals surface area contributed by atoms with E-state index < -0.39 is 84.6 Å². The van der Waals surface area contributed by atoms with Crippen molar-refractivity contribution >= 4 is 69.1 Å². The van der Waals surface area contributed by atoms with Crippen LogP contribution in [0.5, 0.6) is 0 Å². The lowest BCUT2D eigenvalue weighted by Crippen LogP contribution is -2.46.